The van der Waals surface area contributed by atoms with E-state index in [0.717, 1.165) is 6.42 Å². The van der Waals surface area contributed by atoms with Crippen LogP contribution in [0, 0.1) is 0 Å². The van der Waals surface area contributed by atoms with E-state index < -0.39 is 5.91 Å². The zero-order valence-electron chi connectivity index (χ0n) is 8.17. The Hall–Kier alpha value is -1.40. The Morgan fingerprint density at radius 1 is 1.80 bits per heavy atom. The Balaban J connectivity index is 2.07. The van der Waals surface area contributed by atoms with Gasteiger partial charge < -0.3 is 20.1 Å². The van der Waals surface area contributed by atoms with Crippen molar-refractivity contribution in [1.82, 2.24) is 9.55 Å². The number of ether oxygens (including phenoxy) is 1. The highest BCUT2D eigenvalue weighted by molar-refractivity contribution is 5.90. The van der Waals surface area contributed by atoms with Crippen LogP contribution in [0.2, 0.25) is 0 Å². The first-order chi connectivity index (χ1) is 7.20. The first kappa shape index (κ1) is 10.1. The quantitative estimate of drug-likeness (QED) is 0.692. The molecule has 0 aliphatic carbocycles. The second-order valence-corrected chi connectivity index (χ2v) is 3.60. The molecule has 82 valence electrons. The number of carbonyl (C=O) groups is 1. The van der Waals surface area contributed by atoms with Gasteiger partial charge in [-0.1, -0.05) is 0 Å². The summed E-state index contributed by atoms with van der Waals surface area (Å²) >= 11 is 0. The Bertz CT molecular complexity index is 363. The standard InChI is InChI=1S/C9H13N3O3/c10-9(14)8-2-12(5-11-8)6-1-7(3-13)15-4-6/h2,5-7,13H,1,3-4H2,(H2,10,14)/t6-,7-/m0/s1. The summed E-state index contributed by atoms with van der Waals surface area (Å²) in [6, 6.07) is 0.128. The van der Waals surface area contributed by atoms with Gasteiger partial charge in [0.1, 0.15) is 5.69 Å². The number of primary amides is 1. The van der Waals surface area contributed by atoms with Crippen molar-refractivity contribution >= 4 is 5.91 Å². The van der Waals surface area contributed by atoms with Crippen LogP contribution < -0.4 is 5.73 Å². The number of nitrogens with zero attached hydrogens (tertiary/aromatic N) is 2. The molecule has 0 radical (unpaired) electrons. The smallest absolute Gasteiger partial charge is 0.268 e. The van der Waals surface area contributed by atoms with Gasteiger partial charge in [-0.25, -0.2) is 4.98 Å². The number of amides is 1. The van der Waals surface area contributed by atoms with Gasteiger partial charge in [-0.2, -0.15) is 0 Å². The normalized spacial score (nSPS) is 25.7. The van der Waals surface area contributed by atoms with E-state index in [-0.39, 0.29) is 24.4 Å². The molecule has 3 N–H and O–H groups in total. The summed E-state index contributed by atoms with van der Waals surface area (Å²) in [6.45, 7) is 0.549. The van der Waals surface area contributed by atoms with Crippen molar-refractivity contribution < 1.29 is 14.6 Å². The third kappa shape index (κ3) is 2.00. The maximum Gasteiger partial charge on any atom is 0.268 e. The van der Waals surface area contributed by atoms with E-state index in [2.05, 4.69) is 4.98 Å². The van der Waals surface area contributed by atoms with Crippen LogP contribution in [0.3, 0.4) is 0 Å². The van der Waals surface area contributed by atoms with Crippen LogP contribution in [-0.2, 0) is 4.74 Å². The molecule has 1 saturated heterocycles. The van der Waals surface area contributed by atoms with E-state index in [9.17, 15) is 4.79 Å². The molecular weight excluding hydrogens is 198 g/mol. The van der Waals surface area contributed by atoms with Gasteiger partial charge in [-0.3, -0.25) is 4.79 Å². The molecule has 0 unspecified atom stereocenters. The number of hydrogen-bond acceptors (Lipinski definition) is 4. The van der Waals surface area contributed by atoms with E-state index >= 15 is 0 Å². The molecule has 1 amide bonds. The molecule has 0 bridgehead atoms. The van der Waals surface area contributed by atoms with Crippen LogP contribution in [0.15, 0.2) is 12.5 Å². The third-order valence-corrected chi connectivity index (χ3v) is 2.54. The molecule has 1 fully saturated rings. The molecule has 1 aromatic rings. The molecule has 1 aromatic heterocycles. The van der Waals surface area contributed by atoms with Crippen LogP contribution in [0.25, 0.3) is 0 Å². The zero-order chi connectivity index (χ0) is 10.8. The van der Waals surface area contributed by atoms with E-state index in [0.29, 0.717) is 6.61 Å². The summed E-state index contributed by atoms with van der Waals surface area (Å²) in [6.07, 6.45) is 3.78. The highest BCUT2D eigenvalue weighted by Crippen LogP contribution is 2.23. The Morgan fingerprint density at radius 3 is 3.13 bits per heavy atom. The van der Waals surface area contributed by atoms with E-state index in [1.54, 1.807) is 17.1 Å². The maximum atomic E-state index is 10.8. The molecule has 6 nitrogen and oxygen atoms in total. The van der Waals surface area contributed by atoms with Gasteiger partial charge in [0, 0.05) is 6.20 Å². The largest absolute Gasteiger partial charge is 0.394 e. The summed E-state index contributed by atoms with van der Waals surface area (Å²) in [4.78, 5) is 14.7. The minimum atomic E-state index is -0.536. The van der Waals surface area contributed by atoms with Gasteiger partial charge in [0.05, 0.1) is 31.7 Å². The Kier molecular flexibility index (Phi) is 2.70. The average Bonchev–Trinajstić information content (AvgIpc) is 2.86. The van der Waals surface area contributed by atoms with Gasteiger partial charge in [0.2, 0.25) is 0 Å². The third-order valence-electron chi connectivity index (χ3n) is 2.54. The van der Waals surface area contributed by atoms with Crippen LogP contribution in [-0.4, -0.2) is 39.9 Å². The first-order valence-electron chi connectivity index (χ1n) is 4.76. The van der Waals surface area contributed by atoms with E-state index in [1.165, 1.54) is 0 Å². The minimum Gasteiger partial charge on any atom is -0.394 e. The molecule has 2 heterocycles. The molecule has 2 rings (SSSR count). The number of imidazole rings is 1. The zero-order valence-corrected chi connectivity index (χ0v) is 8.17. The van der Waals surface area contributed by atoms with Crippen molar-refractivity contribution in [3.63, 3.8) is 0 Å². The number of aliphatic hydroxyl groups excluding tert-OH is 1. The van der Waals surface area contributed by atoms with Crippen LogP contribution in [0.4, 0.5) is 0 Å². The summed E-state index contributed by atoms with van der Waals surface area (Å²) in [5.74, 6) is -0.536. The van der Waals surface area contributed by atoms with Crippen LogP contribution in [0.1, 0.15) is 23.0 Å². The Morgan fingerprint density at radius 2 is 2.60 bits per heavy atom. The first-order valence-corrected chi connectivity index (χ1v) is 4.76. The van der Waals surface area contributed by atoms with Crippen molar-refractivity contribution in [2.24, 2.45) is 5.73 Å². The number of carbonyl (C=O) groups excluding carboxylic acids is 1. The van der Waals surface area contributed by atoms with Crippen LogP contribution >= 0.6 is 0 Å². The second kappa shape index (κ2) is 4.00. The average molecular weight is 211 g/mol. The van der Waals surface area contributed by atoms with Gasteiger partial charge >= 0.3 is 0 Å². The molecule has 0 saturated carbocycles. The molecule has 1 aliphatic rings. The highest BCUT2D eigenvalue weighted by atomic mass is 16.5. The minimum absolute atomic E-state index is 0.0217. The fraction of sp³-hybridized carbons (Fsp3) is 0.556. The number of hydrogen-bond donors (Lipinski definition) is 2. The summed E-state index contributed by atoms with van der Waals surface area (Å²) in [5, 5.41) is 8.90. The van der Waals surface area contributed by atoms with Gasteiger partial charge in [0.25, 0.3) is 5.91 Å². The lowest BCUT2D eigenvalue weighted by atomic mass is 10.2. The molecule has 0 aromatic carbocycles. The van der Waals surface area contributed by atoms with E-state index in [4.69, 9.17) is 15.6 Å². The number of aromatic nitrogens is 2. The van der Waals surface area contributed by atoms with E-state index in [1.807, 2.05) is 0 Å². The lowest BCUT2D eigenvalue weighted by Gasteiger charge is -2.08. The summed E-state index contributed by atoms with van der Waals surface area (Å²) < 4.78 is 7.13. The SMILES string of the molecule is NC(=O)c1cn([C@@H]2CO[C@H](CO)C2)cn1. The molecule has 1 aliphatic heterocycles. The lowest BCUT2D eigenvalue weighted by molar-refractivity contribution is 0.0575. The second-order valence-electron chi connectivity index (χ2n) is 3.60. The fourth-order valence-corrected chi connectivity index (χ4v) is 1.69. The Labute approximate surface area is 86.7 Å². The molecule has 6 heteroatoms. The monoisotopic (exact) mass is 211 g/mol. The topological polar surface area (TPSA) is 90.4 Å². The van der Waals surface area contributed by atoms with Crippen molar-refractivity contribution in [3.8, 4) is 0 Å². The number of nitrogens with two attached hydrogens (primary N) is 1. The highest BCUT2D eigenvalue weighted by Gasteiger charge is 2.26. The number of aliphatic hydroxyl groups is 1. The van der Waals surface area contributed by atoms with Crippen molar-refractivity contribution in [2.75, 3.05) is 13.2 Å². The van der Waals surface area contributed by atoms with Crippen molar-refractivity contribution in [2.45, 2.75) is 18.6 Å². The fourth-order valence-electron chi connectivity index (χ4n) is 1.69. The van der Waals surface area contributed by atoms with Gasteiger partial charge in [0.15, 0.2) is 0 Å². The number of rotatable bonds is 3. The predicted octanol–water partition coefficient (Wildman–Crippen LogP) is -0.696. The predicted molar refractivity (Wildman–Crippen MR) is 51.2 cm³/mol. The lowest BCUT2D eigenvalue weighted by Crippen LogP contribution is -2.12. The van der Waals surface area contributed by atoms with Gasteiger partial charge in [-0.05, 0) is 6.42 Å². The molecule has 0 spiro atoms. The van der Waals surface area contributed by atoms with Gasteiger partial charge in [-0.15, -0.1) is 0 Å². The molecule has 2 atom stereocenters. The molecule has 15 heavy (non-hydrogen) atoms. The maximum absolute atomic E-state index is 10.8. The summed E-state index contributed by atoms with van der Waals surface area (Å²) in [5.41, 5.74) is 5.35. The van der Waals surface area contributed by atoms with Crippen LogP contribution in [0.5, 0.6) is 0 Å². The van der Waals surface area contributed by atoms with Crippen molar-refractivity contribution in [3.05, 3.63) is 18.2 Å². The van der Waals surface area contributed by atoms with Crippen molar-refractivity contribution in [1.29, 1.82) is 0 Å². The summed E-state index contributed by atoms with van der Waals surface area (Å²) in [7, 11) is 0. The molecular formula is C9H13N3O3.